The van der Waals surface area contributed by atoms with Gasteiger partial charge in [0.2, 0.25) is 0 Å². The van der Waals surface area contributed by atoms with E-state index in [-0.39, 0.29) is 39.1 Å². The van der Waals surface area contributed by atoms with Crippen molar-refractivity contribution in [1.82, 2.24) is 15.5 Å². The monoisotopic (exact) mass is 957 g/mol. The first-order valence-electron chi connectivity index (χ1n) is 20.1. The van der Waals surface area contributed by atoms with Gasteiger partial charge < -0.3 is 62.9 Å². The highest BCUT2D eigenvalue weighted by Gasteiger charge is 2.46. The molecule has 0 aromatic rings. The number of carbonyl (C=O) groups excluding carboxylic acids is 11. The summed E-state index contributed by atoms with van der Waals surface area (Å²) in [6, 6.07) is 0. The molecule has 0 bridgehead atoms. The van der Waals surface area contributed by atoms with Crippen molar-refractivity contribution in [2.75, 3.05) is 73.0 Å². The van der Waals surface area contributed by atoms with Crippen molar-refractivity contribution in [2.24, 2.45) is 0 Å². The van der Waals surface area contributed by atoms with E-state index in [9.17, 15) is 57.1 Å². The molecular weight excluding hydrogens is 901 g/mol. The maximum Gasteiger partial charge on any atom is 0.407 e. The van der Waals surface area contributed by atoms with Crippen LogP contribution in [0.1, 0.15) is 38.5 Å². The number of hydrogen-bond acceptors (Lipinski definition) is 21. The van der Waals surface area contributed by atoms with E-state index in [4.69, 9.17) is 47.4 Å². The van der Waals surface area contributed by atoms with Crippen LogP contribution in [0.3, 0.4) is 0 Å². The molecule has 0 aromatic carbocycles. The van der Waals surface area contributed by atoms with Gasteiger partial charge in [-0.1, -0.05) is 32.9 Å². The van der Waals surface area contributed by atoms with Gasteiger partial charge in [0, 0.05) is 56.7 Å². The summed E-state index contributed by atoms with van der Waals surface area (Å²) < 4.78 is 65.9. The number of rotatable bonds is 35. The van der Waals surface area contributed by atoms with Gasteiger partial charge in [-0.2, -0.15) is 0 Å². The molecule has 25 heteroatoms. The quantitative estimate of drug-likeness (QED) is 0.0387. The standard InChI is InChI=1S/C42H56FN3O21/c1-7-31(48)58-20-12-15-36(53)63-27-29(64-37(54)16-13-21-59-32(49)8-2)40(66-38(55)17-14-22-60-33(50)9-3)39(67-42(57)45-19-24-62-35(52)11-5)28(26-46(6)30(47)25-43)65-41(56)44-18-23-61-34(51)10-4/h7-11,28-29,39-40H,1-5,12-27H2,6H3,(H,44,56)(H,45,57). The number of likely N-dealkylation sites (N-methyl/N-ethyl adjacent to an activating group) is 1. The molecular formula is C42H56FN3O21. The average Bonchev–Trinajstić information content (AvgIpc) is 3.31. The summed E-state index contributed by atoms with van der Waals surface area (Å²) in [5.74, 6) is -8.64. The van der Waals surface area contributed by atoms with Gasteiger partial charge in [-0.15, -0.1) is 0 Å². The number of halogens is 1. The molecule has 0 aliphatic heterocycles. The molecule has 0 radical (unpaired) electrons. The van der Waals surface area contributed by atoms with Crippen molar-refractivity contribution >= 4 is 65.8 Å². The zero-order valence-corrected chi connectivity index (χ0v) is 36.9. The topological polar surface area (TPSA) is 307 Å². The second kappa shape index (κ2) is 35.7. The molecule has 0 spiro atoms. The molecule has 0 aliphatic rings. The normalized spacial score (nSPS) is 11.9. The summed E-state index contributed by atoms with van der Waals surface area (Å²) >= 11 is 0. The third-order valence-electron chi connectivity index (χ3n) is 7.88. The van der Waals surface area contributed by atoms with Crippen LogP contribution in [0.25, 0.3) is 0 Å². The summed E-state index contributed by atoms with van der Waals surface area (Å²) in [5.41, 5.74) is 0. The van der Waals surface area contributed by atoms with E-state index in [1.54, 1.807) is 0 Å². The van der Waals surface area contributed by atoms with E-state index >= 15 is 0 Å². The largest absolute Gasteiger partial charge is 0.463 e. The number of nitrogens with one attached hydrogen (secondary N) is 2. The zero-order valence-electron chi connectivity index (χ0n) is 36.9. The van der Waals surface area contributed by atoms with Gasteiger partial charge in [-0.25, -0.2) is 38.0 Å². The van der Waals surface area contributed by atoms with Crippen molar-refractivity contribution in [3.8, 4) is 0 Å². The lowest BCUT2D eigenvalue weighted by Gasteiger charge is -2.37. The molecule has 0 saturated heterocycles. The van der Waals surface area contributed by atoms with Gasteiger partial charge in [0.1, 0.15) is 19.8 Å². The second-order valence-electron chi connectivity index (χ2n) is 12.9. The zero-order chi connectivity index (χ0) is 50.6. The van der Waals surface area contributed by atoms with Gasteiger partial charge >= 0.3 is 59.9 Å². The molecule has 0 heterocycles. The number of nitrogens with zero attached hydrogens (tertiary/aromatic N) is 1. The number of alkyl halides is 1. The summed E-state index contributed by atoms with van der Waals surface area (Å²) in [7, 11) is 1.05. The highest BCUT2D eigenvalue weighted by atomic mass is 19.1. The van der Waals surface area contributed by atoms with Gasteiger partial charge in [0.15, 0.2) is 31.1 Å². The summed E-state index contributed by atoms with van der Waals surface area (Å²) in [6.07, 6.45) is -8.87. The molecule has 3 amide bonds. The van der Waals surface area contributed by atoms with Gasteiger partial charge in [-0.3, -0.25) is 19.2 Å². The highest BCUT2D eigenvalue weighted by molar-refractivity contribution is 5.83. The number of alkyl carbamates (subject to hydrolysis) is 2. The Kier molecular flexibility index (Phi) is 31.7. The predicted molar refractivity (Wildman–Crippen MR) is 224 cm³/mol. The summed E-state index contributed by atoms with van der Waals surface area (Å²) in [4.78, 5) is 138. The van der Waals surface area contributed by atoms with E-state index in [0.29, 0.717) is 4.90 Å². The second-order valence-corrected chi connectivity index (χ2v) is 12.9. The first-order chi connectivity index (χ1) is 31.9. The molecule has 24 nitrogen and oxygen atoms in total. The van der Waals surface area contributed by atoms with Crippen LogP contribution in [0.4, 0.5) is 14.0 Å². The number of amides is 3. The third kappa shape index (κ3) is 28.7. The lowest BCUT2D eigenvalue weighted by Crippen LogP contribution is -2.57. The molecule has 4 atom stereocenters. The Hall–Kier alpha value is -7.60. The summed E-state index contributed by atoms with van der Waals surface area (Å²) in [5, 5.41) is 4.45. The maximum atomic E-state index is 13.7. The van der Waals surface area contributed by atoms with E-state index in [1.807, 2.05) is 0 Å². The summed E-state index contributed by atoms with van der Waals surface area (Å²) in [6.45, 7) is 10.2. The van der Waals surface area contributed by atoms with Gasteiger partial charge in [0.25, 0.3) is 5.91 Å². The van der Waals surface area contributed by atoms with Crippen LogP contribution in [-0.4, -0.2) is 168 Å². The van der Waals surface area contributed by atoms with Crippen molar-refractivity contribution in [1.29, 1.82) is 0 Å². The molecule has 0 aliphatic carbocycles. The minimum Gasteiger partial charge on any atom is -0.463 e. The number of esters is 8. The fraction of sp³-hybridized carbons (Fsp3) is 0.500. The fourth-order valence-electron chi connectivity index (χ4n) is 4.69. The molecule has 67 heavy (non-hydrogen) atoms. The van der Waals surface area contributed by atoms with E-state index < -0.39 is 156 Å². The molecule has 0 saturated carbocycles. The highest BCUT2D eigenvalue weighted by Crippen LogP contribution is 2.22. The van der Waals surface area contributed by atoms with Crippen LogP contribution < -0.4 is 10.6 Å². The van der Waals surface area contributed by atoms with E-state index in [0.717, 1.165) is 37.4 Å². The molecule has 0 fully saturated rings. The van der Waals surface area contributed by atoms with Crippen LogP contribution >= 0.6 is 0 Å². The predicted octanol–water partition coefficient (Wildman–Crippen LogP) is 0.957. The van der Waals surface area contributed by atoms with E-state index in [1.165, 1.54) is 0 Å². The Bertz CT molecular complexity index is 1750. The van der Waals surface area contributed by atoms with Crippen LogP contribution in [-0.2, 0) is 90.5 Å². The van der Waals surface area contributed by atoms with Crippen LogP contribution in [0.2, 0.25) is 0 Å². The number of ether oxygens (including phenoxy) is 10. The Morgan fingerprint density at radius 2 is 0.866 bits per heavy atom. The van der Waals surface area contributed by atoms with Crippen LogP contribution in [0, 0.1) is 0 Å². The SMILES string of the molecule is C=CC(=O)OCCCC(=O)OCC(OC(=O)CCCOC(=O)C=C)C(OC(=O)CCCOC(=O)C=C)C(OC(=O)NCCOC(=O)C=C)C(CN(C)C(=O)CF)OC(=O)NCCOC(=O)C=C. The Morgan fingerprint density at radius 1 is 0.493 bits per heavy atom. The third-order valence-corrected chi connectivity index (χ3v) is 7.88. The first kappa shape index (κ1) is 59.4. The fourth-order valence-corrected chi connectivity index (χ4v) is 4.69. The molecule has 2 N–H and O–H groups in total. The average molecular weight is 958 g/mol. The van der Waals surface area contributed by atoms with Crippen molar-refractivity contribution < 1.29 is 104 Å². The van der Waals surface area contributed by atoms with Gasteiger partial charge in [0.05, 0.1) is 39.5 Å². The van der Waals surface area contributed by atoms with Gasteiger partial charge in [-0.05, 0) is 19.3 Å². The number of carbonyl (C=O) groups is 11. The minimum atomic E-state index is -2.22. The van der Waals surface area contributed by atoms with E-state index in [2.05, 4.69) is 43.5 Å². The Balaban J connectivity index is 7.52. The smallest absolute Gasteiger partial charge is 0.407 e. The minimum absolute atomic E-state index is 0.0814. The lowest BCUT2D eigenvalue weighted by molar-refractivity contribution is -0.192. The molecule has 0 rings (SSSR count). The van der Waals surface area contributed by atoms with Crippen LogP contribution in [0.5, 0.6) is 0 Å². The molecule has 4 unspecified atom stereocenters. The maximum absolute atomic E-state index is 13.7. The molecule has 372 valence electrons. The van der Waals surface area contributed by atoms with Crippen molar-refractivity contribution in [3.05, 3.63) is 63.3 Å². The number of hydrogen-bond donors (Lipinski definition) is 2. The lowest BCUT2D eigenvalue weighted by atomic mass is 10.0. The Morgan fingerprint density at radius 3 is 1.28 bits per heavy atom. The first-order valence-corrected chi connectivity index (χ1v) is 20.1. The Labute approximate surface area is 384 Å². The van der Waals surface area contributed by atoms with Crippen molar-refractivity contribution in [3.63, 3.8) is 0 Å². The molecule has 0 aromatic heterocycles. The van der Waals surface area contributed by atoms with Crippen molar-refractivity contribution in [2.45, 2.75) is 62.9 Å². The van der Waals surface area contributed by atoms with Crippen LogP contribution in [0.15, 0.2) is 63.3 Å².